The van der Waals surface area contributed by atoms with Gasteiger partial charge in [-0.05, 0) is 42.7 Å². The van der Waals surface area contributed by atoms with E-state index >= 15 is 0 Å². The Balaban J connectivity index is 1.40. The molecule has 1 atom stereocenters. The summed E-state index contributed by atoms with van der Waals surface area (Å²) in [6, 6.07) is 14.6. The summed E-state index contributed by atoms with van der Waals surface area (Å²) in [4.78, 5) is 17.2. The summed E-state index contributed by atoms with van der Waals surface area (Å²) in [5.41, 5.74) is 5.13. The zero-order chi connectivity index (χ0) is 20.9. The standard InChI is InChI=1S/C24H31N3O3/c1-18-3-6-21(7-4-18)30-17-24(28)25-16-23(27-11-13-29-14-12-27)19-5-8-22-20(15-19)9-10-26(22)2/h3-8,15,23H,9-14,16-17H2,1-2H3,(H,25,28)/t23-/m0/s1. The van der Waals surface area contributed by atoms with Crippen molar-refractivity contribution in [1.82, 2.24) is 10.2 Å². The molecule has 0 radical (unpaired) electrons. The van der Waals surface area contributed by atoms with Crippen molar-refractivity contribution in [1.29, 1.82) is 0 Å². The molecule has 6 nitrogen and oxygen atoms in total. The van der Waals surface area contributed by atoms with E-state index in [-0.39, 0.29) is 18.6 Å². The number of hydrogen-bond acceptors (Lipinski definition) is 5. The van der Waals surface area contributed by atoms with Crippen LogP contribution in [0.1, 0.15) is 22.7 Å². The van der Waals surface area contributed by atoms with E-state index in [0.29, 0.717) is 12.3 Å². The molecule has 1 amide bonds. The van der Waals surface area contributed by atoms with Crippen molar-refractivity contribution in [2.75, 3.05) is 57.9 Å². The molecule has 6 heteroatoms. The number of aryl methyl sites for hydroxylation is 1. The Bertz CT molecular complexity index is 862. The molecule has 2 aliphatic heterocycles. The molecule has 30 heavy (non-hydrogen) atoms. The molecule has 160 valence electrons. The fraction of sp³-hybridized carbons (Fsp3) is 0.458. The van der Waals surface area contributed by atoms with Crippen molar-refractivity contribution in [3.05, 3.63) is 59.2 Å². The van der Waals surface area contributed by atoms with E-state index in [1.54, 1.807) is 0 Å². The Morgan fingerprint density at radius 1 is 1.13 bits per heavy atom. The summed E-state index contributed by atoms with van der Waals surface area (Å²) in [7, 11) is 2.14. The second kappa shape index (κ2) is 9.49. The highest BCUT2D eigenvalue weighted by Gasteiger charge is 2.25. The monoisotopic (exact) mass is 409 g/mol. The first-order chi connectivity index (χ1) is 14.6. The topological polar surface area (TPSA) is 54.0 Å². The van der Waals surface area contributed by atoms with Gasteiger partial charge in [0.2, 0.25) is 0 Å². The van der Waals surface area contributed by atoms with E-state index < -0.39 is 0 Å². The molecule has 2 aromatic carbocycles. The first-order valence-corrected chi connectivity index (χ1v) is 10.7. The molecule has 1 fully saturated rings. The number of nitrogens with one attached hydrogen (secondary N) is 1. The van der Waals surface area contributed by atoms with E-state index in [9.17, 15) is 4.79 Å². The molecular weight excluding hydrogens is 378 g/mol. The van der Waals surface area contributed by atoms with Gasteiger partial charge in [0.05, 0.1) is 19.3 Å². The van der Waals surface area contributed by atoms with E-state index in [1.165, 1.54) is 22.4 Å². The van der Waals surface area contributed by atoms with Crippen LogP contribution in [0.5, 0.6) is 5.75 Å². The lowest BCUT2D eigenvalue weighted by molar-refractivity contribution is -0.123. The zero-order valence-corrected chi connectivity index (χ0v) is 17.9. The first-order valence-electron chi connectivity index (χ1n) is 10.7. The summed E-state index contributed by atoms with van der Waals surface area (Å²) in [5.74, 6) is 0.609. The number of hydrogen-bond donors (Lipinski definition) is 1. The Hall–Kier alpha value is -2.57. The molecule has 0 unspecified atom stereocenters. The van der Waals surface area contributed by atoms with Crippen LogP contribution in [0.4, 0.5) is 5.69 Å². The molecule has 0 bridgehead atoms. The summed E-state index contributed by atoms with van der Waals surface area (Å²) in [5, 5.41) is 3.08. The second-order valence-electron chi connectivity index (χ2n) is 8.13. The fourth-order valence-electron chi connectivity index (χ4n) is 4.19. The van der Waals surface area contributed by atoms with Crippen molar-refractivity contribution < 1.29 is 14.3 Å². The lowest BCUT2D eigenvalue weighted by atomic mass is 10.0. The average Bonchev–Trinajstić information content (AvgIpc) is 3.14. The van der Waals surface area contributed by atoms with Crippen LogP contribution in [0, 0.1) is 6.92 Å². The van der Waals surface area contributed by atoms with Gasteiger partial charge in [-0.15, -0.1) is 0 Å². The van der Waals surface area contributed by atoms with E-state index in [2.05, 4.69) is 40.4 Å². The maximum atomic E-state index is 12.4. The number of benzene rings is 2. The van der Waals surface area contributed by atoms with Crippen LogP contribution in [0.2, 0.25) is 0 Å². The molecule has 0 aromatic heterocycles. The average molecular weight is 410 g/mol. The minimum Gasteiger partial charge on any atom is -0.484 e. The van der Waals surface area contributed by atoms with Gasteiger partial charge in [-0.1, -0.05) is 29.8 Å². The quantitative estimate of drug-likeness (QED) is 0.762. The van der Waals surface area contributed by atoms with Crippen LogP contribution >= 0.6 is 0 Å². The number of rotatable bonds is 7. The minimum absolute atomic E-state index is 0.0217. The maximum absolute atomic E-state index is 12.4. The number of anilines is 1. The van der Waals surface area contributed by atoms with Crippen LogP contribution in [0.3, 0.4) is 0 Å². The maximum Gasteiger partial charge on any atom is 0.258 e. The summed E-state index contributed by atoms with van der Waals surface area (Å²) >= 11 is 0. The van der Waals surface area contributed by atoms with E-state index in [4.69, 9.17) is 9.47 Å². The SMILES string of the molecule is Cc1ccc(OCC(=O)NC[C@@H](c2ccc3c(c2)CCN3C)N2CCOCC2)cc1. The Kier molecular flexibility index (Phi) is 6.55. The highest BCUT2D eigenvalue weighted by molar-refractivity contribution is 5.77. The van der Waals surface area contributed by atoms with Crippen LogP contribution in [-0.4, -0.2) is 63.9 Å². The first kappa shape index (κ1) is 20.7. The number of fused-ring (bicyclic) bond motifs is 1. The van der Waals surface area contributed by atoms with Crippen LogP contribution < -0.4 is 15.0 Å². The number of morpholine rings is 1. The van der Waals surface area contributed by atoms with Crippen molar-refractivity contribution in [3.63, 3.8) is 0 Å². The highest BCUT2D eigenvalue weighted by atomic mass is 16.5. The summed E-state index contributed by atoms with van der Waals surface area (Å²) < 4.78 is 11.2. The van der Waals surface area contributed by atoms with Gasteiger partial charge in [0, 0.05) is 38.9 Å². The zero-order valence-electron chi connectivity index (χ0n) is 17.9. The van der Waals surface area contributed by atoms with E-state index in [0.717, 1.165) is 39.3 Å². The predicted molar refractivity (Wildman–Crippen MR) is 118 cm³/mol. The van der Waals surface area contributed by atoms with Gasteiger partial charge < -0.3 is 19.7 Å². The number of carbonyl (C=O) groups excluding carboxylic acids is 1. The molecule has 0 aliphatic carbocycles. The van der Waals surface area contributed by atoms with Crippen molar-refractivity contribution >= 4 is 11.6 Å². The van der Waals surface area contributed by atoms with Crippen molar-refractivity contribution in [3.8, 4) is 5.75 Å². The smallest absolute Gasteiger partial charge is 0.258 e. The number of carbonyl (C=O) groups is 1. The van der Waals surface area contributed by atoms with Crippen LogP contribution in [-0.2, 0) is 16.0 Å². The van der Waals surface area contributed by atoms with E-state index in [1.807, 2.05) is 31.2 Å². The van der Waals surface area contributed by atoms with Crippen LogP contribution in [0.25, 0.3) is 0 Å². The number of likely N-dealkylation sites (N-methyl/N-ethyl adjacent to an activating group) is 1. The third kappa shape index (κ3) is 4.94. The summed E-state index contributed by atoms with van der Waals surface area (Å²) in [6.07, 6.45) is 1.08. The number of amides is 1. The van der Waals surface area contributed by atoms with Gasteiger partial charge in [-0.25, -0.2) is 0 Å². The Morgan fingerprint density at radius 3 is 2.67 bits per heavy atom. The molecule has 2 aliphatic rings. The molecule has 0 spiro atoms. The molecule has 1 N–H and O–H groups in total. The number of ether oxygens (including phenoxy) is 2. The Labute approximate surface area is 178 Å². The largest absolute Gasteiger partial charge is 0.484 e. The normalized spacial score (nSPS) is 17.5. The van der Waals surface area contributed by atoms with Crippen molar-refractivity contribution in [2.45, 2.75) is 19.4 Å². The molecule has 1 saturated heterocycles. The molecule has 4 rings (SSSR count). The molecule has 0 saturated carbocycles. The fourth-order valence-corrected chi connectivity index (χ4v) is 4.19. The number of nitrogens with zero attached hydrogens (tertiary/aromatic N) is 2. The highest BCUT2D eigenvalue weighted by Crippen LogP contribution is 2.31. The lowest BCUT2D eigenvalue weighted by Crippen LogP contribution is -2.44. The van der Waals surface area contributed by atoms with Crippen molar-refractivity contribution in [2.24, 2.45) is 0 Å². The van der Waals surface area contributed by atoms with Crippen LogP contribution in [0.15, 0.2) is 42.5 Å². The molecule has 2 heterocycles. The van der Waals surface area contributed by atoms with Gasteiger partial charge in [0.15, 0.2) is 6.61 Å². The Morgan fingerprint density at radius 2 is 1.90 bits per heavy atom. The summed E-state index contributed by atoms with van der Waals surface area (Å²) in [6.45, 7) is 6.88. The molecular formula is C24H31N3O3. The van der Waals surface area contributed by atoms with Gasteiger partial charge in [-0.2, -0.15) is 0 Å². The lowest BCUT2D eigenvalue weighted by Gasteiger charge is -2.35. The van der Waals surface area contributed by atoms with Gasteiger partial charge >= 0.3 is 0 Å². The third-order valence-electron chi connectivity index (χ3n) is 5.99. The van der Waals surface area contributed by atoms with Gasteiger partial charge in [0.1, 0.15) is 5.75 Å². The van der Waals surface area contributed by atoms with Gasteiger partial charge in [0.25, 0.3) is 5.91 Å². The second-order valence-corrected chi connectivity index (χ2v) is 8.13. The van der Waals surface area contributed by atoms with Gasteiger partial charge in [-0.3, -0.25) is 9.69 Å². The third-order valence-corrected chi connectivity index (χ3v) is 5.99. The molecule has 2 aromatic rings. The predicted octanol–water partition coefficient (Wildman–Crippen LogP) is 2.56. The minimum atomic E-state index is -0.102.